The molecule has 1 aliphatic rings. The van der Waals surface area contributed by atoms with Crippen LogP contribution in [0, 0.1) is 11.3 Å². The van der Waals surface area contributed by atoms with E-state index in [1.807, 2.05) is 64.3 Å². The number of rotatable bonds is 5. The predicted octanol–water partition coefficient (Wildman–Crippen LogP) is 3.90. The van der Waals surface area contributed by atoms with Crippen molar-refractivity contribution in [1.29, 1.82) is 5.26 Å². The number of thioether (sulfide) groups is 1. The lowest BCUT2D eigenvalue weighted by molar-refractivity contribution is 0.0281. The minimum absolute atomic E-state index is 0.351. The molecule has 1 N–H and O–H groups in total. The summed E-state index contributed by atoms with van der Waals surface area (Å²) in [6.45, 7) is 8.52. The number of aliphatic imine (C=N–C) groups is 1. The second kappa shape index (κ2) is 11.3. The summed E-state index contributed by atoms with van der Waals surface area (Å²) >= 11 is 1.43. The van der Waals surface area contributed by atoms with Gasteiger partial charge in [-0.15, -0.1) is 11.8 Å². The number of hydroxylamine groups is 1. The van der Waals surface area contributed by atoms with Gasteiger partial charge in [0.05, 0.1) is 6.61 Å². The lowest BCUT2D eigenvalue weighted by Crippen LogP contribution is -2.34. The third kappa shape index (κ3) is 6.25. The topological polar surface area (TPSA) is 73.0 Å². The van der Waals surface area contributed by atoms with Gasteiger partial charge in [0.2, 0.25) is 0 Å². The summed E-state index contributed by atoms with van der Waals surface area (Å²) in [5, 5.41) is 16.2. The third-order valence-electron chi connectivity index (χ3n) is 2.93. The van der Waals surface area contributed by atoms with Gasteiger partial charge in [0, 0.05) is 5.71 Å². The highest BCUT2D eigenvalue weighted by atomic mass is 32.2. The maximum atomic E-state index is 9.46. The largest absolute Gasteiger partial charge is 0.270 e. The molecule has 6 nitrogen and oxygen atoms in total. The molecular formula is C18H25N5OS. The molecule has 0 spiro atoms. The average molecular weight is 359 g/mol. The number of hydrogen-bond acceptors (Lipinski definition) is 7. The van der Waals surface area contributed by atoms with Gasteiger partial charge in [-0.25, -0.2) is 10.5 Å². The summed E-state index contributed by atoms with van der Waals surface area (Å²) in [4.78, 5) is 9.94. The highest BCUT2D eigenvalue weighted by molar-refractivity contribution is 8.13. The Balaban J connectivity index is 0.00000151. The minimum atomic E-state index is 0.351. The van der Waals surface area contributed by atoms with Crippen LogP contribution in [0.2, 0.25) is 0 Å². The van der Waals surface area contributed by atoms with Crippen LogP contribution in [0.5, 0.6) is 0 Å². The minimum Gasteiger partial charge on any atom is -0.270 e. The lowest BCUT2D eigenvalue weighted by atomic mass is 10.2. The molecule has 0 radical (unpaired) electrons. The van der Waals surface area contributed by atoms with Crippen molar-refractivity contribution in [1.82, 2.24) is 10.5 Å². The Morgan fingerprint density at radius 2 is 2.04 bits per heavy atom. The maximum Gasteiger partial charge on any atom is 0.169 e. The molecule has 0 atom stereocenters. The molecule has 0 saturated heterocycles. The van der Waals surface area contributed by atoms with Crippen molar-refractivity contribution in [3.05, 3.63) is 47.3 Å². The van der Waals surface area contributed by atoms with E-state index in [9.17, 15) is 5.26 Å². The first-order chi connectivity index (χ1) is 12.2. The van der Waals surface area contributed by atoms with E-state index >= 15 is 0 Å². The molecule has 1 aromatic carbocycles. The molecule has 0 aromatic heterocycles. The van der Waals surface area contributed by atoms with Gasteiger partial charge in [0.25, 0.3) is 0 Å². The van der Waals surface area contributed by atoms with Crippen LogP contribution in [0.25, 0.3) is 0 Å². The fourth-order valence-electron chi connectivity index (χ4n) is 1.97. The van der Waals surface area contributed by atoms with Crippen LogP contribution in [-0.2, 0) is 11.4 Å². The van der Waals surface area contributed by atoms with E-state index in [1.165, 1.54) is 11.8 Å². The van der Waals surface area contributed by atoms with Crippen LogP contribution in [0.3, 0.4) is 0 Å². The number of nitriles is 1. The lowest BCUT2D eigenvalue weighted by Gasteiger charge is -2.26. The van der Waals surface area contributed by atoms with Crippen molar-refractivity contribution in [3.63, 3.8) is 0 Å². The first-order valence-electron chi connectivity index (χ1n) is 8.10. The summed E-state index contributed by atoms with van der Waals surface area (Å²) in [6, 6.07) is 12.0. The second-order valence-corrected chi connectivity index (χ2v) is 5.76. The molecule has 0 bridgehead atoms. The summed E-state index contributed by atoms with van der Waals surface area (Å²) in [5.74, 6) is 0.518. The molecule has 0 unspecified atom stereocenters. The van der Waals surface area contributed by atoms with Crippen LogP contribution in [0.15, 0.2) is 51.8 Å². The van der Waals surface area contributed by atoms with Crippen molar-refractivity contribution in [3.8, 4) is 6.07 Å². The van der Waals surface area contributed by atoms with Gasteiger partial charge in [-0.2, -0.15) is 10.4 Å². The van der Waals surface area contributed by atoms with Gasteiger partial charge in [-0.3, -0.25) is 9.83 Å². The molecule has 0 fully saturated rings. The van der Waals surface area contributed by atoms with E-state index in [0.717, 1.165) is 11.3 Å². The number of nitrogens with one attached hydrogen (secondary N) is 1. The normalized spacial score (nSPS) is 13.3. The smallest absolute Gasteiger partial charge is 0.169 e. The maximum absolute atomic E-state index is 9.46. The fraction of sp³-hybridized carbons (Fsp3) is 0.389. The Labute approximate surface area is 154 Å². The summed E-state index contributed by atoms with van der Waals surface area (Å²) < 4.78 is 0. The molecule has 1 aromatic rings. The van der Waals surface area contributed by atoms with E-state index in [0.29, 0.717) is 29.7 Å². The van der Waals surface area contributed by atoms with Crippen molar-refractivity contribution in [2.45, 2.75) is 34.3 Å². The molecule has 25 heavy (non-hydrogen) atoms. The van der Waals surface area contributed by atoms with Crippen molar-refractivity contribution in [2.24, 2.45) is 10.1 Å². The number of hydrogen-bond donors (Lipinski definition) is 1. The molecule has 0 amide bonds. The molecule has 7 heteroatoms. The molecule has 0 aliphatic carbocycles. The number of hydrazone groups is 1. The van der Waals surface area contributed by atoms with Gasteiger partial charge in [-0.05, 0) is 25.7 Å². The van der Waals surface area contributed by atoms with Gasteiger partial charge < -0.3 is 0 Å². The van der Waals surface area contributed by atoms with Crippen LogP contribution in [-0.4, -0.2) is 28.7 Å². The SMILES string of the molecule is CC.CSC1=NCN(N=C(C)C)C(NOCc2ccccc2)=C1C#N. The van der Waals surface area contributed by atoms with Gasteiger partial charge >= 0.3 is 0 Å². The molecule has 2 rings (SSSR count). The van der Waals surface area contributed by atoms with Crippen LogP contribution in [0.4, 0.5) is 0 Å². The Bertz CT molecular complexity index is 672. The zero-order chi connectivity index (χ0) is 18.7. The predicted molar refractivity (Wildman–Crippen MR) is 105 cm³/mol. The standard InChI is InChI=1S/C16H19N5OS.C2H6/c1-12(2)19-21-11-18-16(23-3)14(9-17)15(21)20-22-10-13-7-5-4-6-8-13;1-2/h4-8,20H,10-11H2,1-3H3;1-2H3. The molecular weight excluding hydrogens is 334 g/mol. The van der Waals surface area contributed by atoms with Crippen molar-refractivity contribution < 1.29 is 4.84 Å². The highest BCUT2D eigenvalue weighted by Gasteiger charge is 2.23. The fourth-order valence-corrected chi connectivity index (χ4v) is 2.50. The Kier molecular flexibility index (Phi) is 9.37. The van der Waals surface area contributed by atoms with Crippen LogP contribution < -0.4 is 5.48 Å². The van der Waals surface area contributed by atoms with Gasteiger partial charge in [-0.1, -0.05) is 44.2 Å². The summed E-state index contributed by atoms with van der Waals surface area (Å²) in [6.07, 6.45) is 1.89. The monoisotopic (exact) mass is 359 g/mol. The number of nitrogens with zero attached hydrogens (tertiary/aromatic N) is 4. The Hall–Kier alpha value is -2.30. The first-order valence-corrected chi connectivity index (χ1v) is 9.32. The highest BCUT2D eigenvalue weighted by Crippen LogP contribution is 2.21. The average Bonchev–Trinajstić information content (AvgIpc) is 2.64. The van der Waals surface area contributed by atoms with E-state index in [4.69, 9.17) is 4.84 Å². The van der Waals surface area contributed by atoms with E-state index in [2.05, 4.69) is 21.6 Å². The van der Waals surface area contributed by atoms with Gasteiger partial charge in [0.15, 0.2) is 5.82 Å². The quantitative estimate of drug-likeness (QED) is 0.637. The third-order valence-corrected chi connectivity index (χ3v) is 3.65. The Morgan fingerprint density at radius 3 is 2.60 bits per heavy atom. The zero-order valence-electron chi connectivity index (χ0n) is 15.4. The van der Waals surface area contributed by atoms with Gasteiger partial charge in [0.1, 0.15) is 23.4 Å². The van der Waals surface area contributed by atoms with Crippen LogP contribution in [0.1, 0.15) is 33.3 Å². The zero-order valence-corrected chi connectivity index (χ0v) is 16.2. The number of benzene rings is 1. The van der Waals surface area contributed by atoms with Crippen molar-refractivity contribution in [2.75, 3.05) is 12.9 Å². The molecule has 0 saturated carbocycles. The molecule has 1 aliphatic heterocycles. The van der Waals surface area contributed by atoms with Crippen LogP contribution >= 0.6 is 11.8 Å². The van der Waals surface area contributed by atoms with E-state index in [-0.39, 0.29) is 0 Å². The summed E-state index contributed by atoms with van der Waals surface area (Å²) in [7, 11) is 0. The van der Waals surface area contributed by atoms with E-state index in [1.54, 1.807) is 5.01 Å². The Morgan fingerprint density at radius 1 is 1.36 bits per heavy atom. The molecule has 134 valence electrons. The van der Waals surface area contributed by atoms with E-state index < -0.39 is 0 Å². The summed E-state index contributed by atoms with van der Waals surface area (Å²) in [5.41, 5.74) is 5.21. The van der Waals surface area contributed by atoms with Crippen molar-refractivity contribution >= 4 is 22.5 Å². The molecule has 1 heterocycles. The second-order valence-electron chi connectivity index (χ2n) is 4.97. The first kappa shape index (κ1) is 20.7.